The van der Waals surface area contributed by atoms with E-state index >= 15 is 0 Å². The van der Waals surface area contributed by atoms with Crippen LogP contribution in [0.4, 0.5) is 13.2 Å². The van der Waals surface area contributed by atoms with E-state index in [0.717, 1.165) is 11.8 Å². The number of hydrogen-bond acceptors (Lipinski definition) is 3. The summed E-state index contributed by atoms with van der Waals surface area (Å²) in [6.45, 7) is 0.219. The number of aromatic amines is 1. The minimum Gasteiger partial charge on any atom is -0.351 e. The van der Waals surface area contributed by atoms with Crippen LogP contribution in [0.1, 0.15) is 21.7 Å². The molecule has 0 aromatic carbocycles. The van der Waals surface area contributed by atoms with E-state index in [0.29, 0.717) is 12.5 Å². The van der Waals surface area contributed by atoms with E-state index in [1.165, 1.54) is 0 Å². The highest BCUT2D eigenvalue weighted by Crippen LogP contribution is 2.26. The van der Waals surface area contributed by atoms with Gasteiger partial charge in [0.2, 0.25) is 0 Å². The van der Waals surface area contributed by atoms with Gasteiger partial charge in [-0.1, -0.05) is 6.07 Å². The van der Waals surface area contributed by atoms with Gasteiger partial charge >= 0.3 is 6.18 Å². The molecule has 2 rings (SSSR count). The van der Waals surface area contributed by atoms with Gasteiger partial charge in [-0.2, -0.15) is 13.2 Å². The van der Waals surface area contributed by atoms with Crippen molar-refractivity contribution in [1.82, 2.24) is 15.3 Å². The van der Waals surface area contributed by atoms with Crippen molar-refractivity contribution in [2.75, 3.05) is 6.54 Å². The number of hydrogen-bond donors (Lipinski definition) is 2. The summed E-state index contributed by atoms with van der Waals surface area (Å²) in [4.78, 5) is 29.0. The van der Waals surface area contributed by atoms with E-state index in [-0.39, 0.29) is 12.1 Å². The largest absolute Gasteiger partial charge is 0.431 e. The second-order valence-electron chi connectivity index (χ2n) is 4.44. The predicted molar refractivity (Wildman–Crippen MR) is 72.3 cm³/mol. The number of nitrogens with zero attached hydrogens (tertiary/aromatic N) is 1. The molecule has 0 unspecified atom stereocenters. The molecule has 2 N–H and O–H groups in total. The van der Waals surface area contributed by atoms with Crippen LogP contribution in [0.3, 0.4) is 0 Å². The first-order valence-electron chi connectivity index (χ1n) is 6.36. The number of nitrogens with one attached hydrogen (secondary N) is 2. The Labute approximate surface area is 123 Å². The minimum atomic E-state index is -4.66. The van der Waals surface area contributed by atoms with Crippen molar-refractivity contribution in [3.63, 3.8) is 0 Å². The molecule has 0 saturated heterocycles. The molecule has 0 fully saturated rings. The topological polar surface area (TPSA) is 74.8 Å². The smallest absolute Gasteiger partial charge is 0.351 e. The second-order valence-corrected chi connectivity index (χ2v) is 4.44. The van der Waals surface area contributed by atoms with Crippen molar-refractivity contribution in [1.29, 1.82) is 0 Å². The fourth-order valence-electron chi connectivity index (χ4n) is 1.76. The number of rotatable bonds is 4. The number of carbonyl (C=O) groups excluding carboxylic acids is 1. The average Bonchev–Trinajstić information content (AvgIpc) is 2.47. The number of alkyl halides is 3. The molecule has 22 heavy (non-hydrogen) atoms. The summed E-state index contributed by atoms with van der Waals surface area (Å²) in [5.41, 5.74) is -1.88. The van der Waals surface area contributed by atoms with Gasteiger partial charge in [-0.3, -0.25) is 14.6 Å². The summed E-state index contributed by atoms with van der Waals surface area (Å²) in [5, 5.41) is 2.47. The third-order valence-electron chi connectivity index (χ3n) is 2.85. The Bertz CT molecular complexity index is 711. The minimum absolute atomic E-state index is 0.219. The molecule has 2 heterocycles. The zero-order valence-corrected chi connectivity index (χ0v) is 11.3. The first-order valence-corrected chi connectivity index (χ1v) is 6.36. The molecule has 2 aromatic heterocycles. The predicted octanol–water partition coefficient (Wildman–Crippen LogP) is 1.76. The molecule has 0 spiro atoms. The highest BCUT2D eigenvalue weighted by Gasteiger charge is 2.32. The van der Waals surface area contributed by atoms with Crippen molar-refractivity contribution < 1.29 is 18.0 Å². The molecule has 5 nitrogen and oxygen atoms in total. The Balaban J connectivity index is 2.00. The molecule has 0 aliphatic rings. The Morgan fingerprint density at radius 2 is 2.00 bits per heavy atom. The van der Waals surface area contributed by atoms with Crippen LogP contribution in [-0.4, -0.2) is 22.4 Å². The van der Waals surface area contributed by atoms with E-state index in [9.17, 15) is 22.8 Å². The van der Waals surface area contributed by atoms with Crippen LogP contribution in [-0.2, 0) is 12.6 Å². The van der Waals surface area contributed by atoms with Crippen molar-refractivity contribution in [2.24, 2.45) is 0 Å². The van der Waals surface area contributed by atoms with E-state index in [2.05, 4.69) is 10.3 Å². The maximum atomic E-state index is 12.4. The first kappa shape index (κ1) is 15.7. The zero-order valence-electron chi connectivity index (χ0n) is 11.3. The molecule has 1 amide bonds. The van der Waals surface area contributed by atoms with Gasteiger partial charge in [0, 0.05) is 24.9 Å². The van der Waals surface area contributed by atoms with E-state index < -0.39 is 23.3 Å². The van der Waals surface area contributed by atoms with Gasteiger partial charge in [0.1, 0.15) is 11.3 Å². The quantitative estimate of drug-likeness (QED) is 0.903. The van der Waals surface area contributed by atoms with Crippen LogP contribution in [0.15, 0.2) is 41.3 Å². The number of aromatic nitrogens is 2. The fraction of sp³-hybridized carbons (Fsp3) is 0.214. The number of pyridine rings is 2. The molecule has 8 heteroatoms. The van der Waals surface area contributed by atoms with Crippen LogP contribution in [0.25, 0.3) is 0 Å². The lowest BCUT2D eigenvalue weighted by molar-refractivity contribution is -0.141. The molecule has 0 aliphatic heterocycles. The number of halogens is 3. The number of carbonyl (C=O) groups is 1. The molecule has 0 radical (unpaired) electrons. The molecule has 0 aliphatic carbocycles. The summed E-state index contributed by atoms with van der Waals surface area (Å²) in [7, 11) is 0. The number of amides is 1. The van der Waals surface area contributed by atoms with Gasteiger partial charge < -0.3 is 10.3 Å². The molecule has 116 valence electrons. The third kappa shape index (κ3) is 3.94. The highest BCUT2D eigenvalue weighted by atomic mass is 19.4. The van der Waals surface area contributed by atoms with Crippen molar-refractivity contribution in [3.8, 4) is 0 Å². The van der Waals surface area contributed by atoms with Crippen molar-refractivity contribution in [2.45, 2.75) is 12.6 Å². The van der Waals surface area contributed by atoms with Crippen molar-refractivity contribution >= 4 is 5.91 Å². The Morgan fingerprint density at radius 1 is 1.23 bits per heavy atom. The fourth-order valence-corrected chi connectivity index (χ4v) is 1.76. The molecule has 0 atom stereocenters. The van der Waals surface area contributed by atoms with Gasteiger partial charge in [0.05, 0.1) is 0 Å². The summed E-state index contributed by atoms with van der Waals surface area (Å²) in [6, 6.07) is 6.85. The molecule has 2 aromatic rings. The van der Waals surface area contributed by atoms with Gasteiger partial charge in [-0.25, -0.2) is 0 Å². The lowest BCUT2D eigenvalue weighted by Crippen LogP contribution is -2.32. The summed E-state index contributed by atoms with van der Waals surface area (Å²) < 4.78 is 37.2. The molecular formula is C14H12F3N3O2. The zero-order chi connectivity index (χ0) is 16.2. The lowest BCUT2D eigenvalue weighted by atomic mass is 10.2. The first-order chi connectivity index (χ1) is 10.4. The summed E-state index contributed by atoms with van der Waals surface area (Å²) in [5.74, 6) is -0.731. The number of H-pyrrole nitrogens is 1. The third-order valence-corrected chi connectivity index (χ3v) is 2.85. The van der Waals surface area contributed by atoms with Gasteiger partial charge in [-0.05, 0) is 24.3 Å². The van der Waals surface area contributed by atoms with E-state index in [1.807, 2.05) is 0 Å². The molecule has 0 bridgehead atoms. The van der Waals surface area contributed by atoms with Gasteiger partial charge in [-0.15, -0.1) is 0 Å². The normalized spacial score (nSPS) is 11.2. The Kier molecular flexibility index (Phi) is 4.59. The maximum Gasteiger partial charge on any atom is 0.431 e. The van der Waals surface area contributed by atoms with Crippen LogP contribution in [0.5, 0.6) is 0 Å². The van der Waals surface area contributed by atoms with Crippen LogP contribution >= 0.6 is 0 Å². The highest BCUT2D eigenvalue weighted by molar-refractivity contribution is 5.93. The van der Waals surface area contributed by atoms with Crippen LogP contribution < -0.4 is 10.9 Å². The van der Waals surface area contributed by atoms with Crippen LogP contribution in [0.2, 0.25) is 0 Å². The van der Waals surface area contributed by atoms with Crippen molar-refractivity contribution in [3.05, 3.63) is 63.8 Å². The average molecular weight is 311 g/mol. The Morgan fingerprint density at radius 3 is 2.59 bits per heavy atom. The SMILES string of the molecule is O=C(NCCc1ccccn1)c1ccc(C(F)(F)F)[nH]c1=O. The standard InChI is InChI=1S/C14H12F3N3O2/c15-14(16,17)11-5-4-10(13(22)20-11)12(21)19-8-6-9-3-1-2-7-18-9/h1-5,7H,6,8H2,(H,19,21)(H,20,22). The molecule has 0 saturated carbocycles. The van der Waals surface area contributed by atoms with E-state index in [1.54, 1.807) is 29.4 Å². The van der Waals surface area contributed by atoms with Crippen LogP contribution in [0, 0.1) is 0 Å². The summed E-state index contributed by atoms with van der Waals surface area (Å²) >= 11 is 0. The lowest BCUT2D eigenvalue weighted by Gasteiger charge is -2.08. The van der Waals surface area contributed by atoms with E-state index in [4.69, 9.17) is 0 Å². The Hall–Kier alpha value is -2.64. The monoisotopic (exact) mass is 311 g/mol. The van der Waals surface area contributed by atoms with Gasteiger partial charge in [0.25, 0.3) is 11.5 Å². The maximum absolute atomic E-state index is 12.4. The molecular weight excluding hydrogens is 299 g/mol. The van der Waals surface area contributed by atoms with Gasteiger partial charge in [0.15, 0.2) is 0 Å². The second kappa shape index (κ2) is 6.42. The summed E-state index contributed by atoms with van der Waals surface area (Å²) in [6.07, 6.45) is -2.60.